The van der Waals surface area contributed by atoms with Gasteiger partial charge >= 0.3 is 6.09 Å². The van der Waals surface area contributed by atoms with Crippen molar-refractivity contribution in [3.05, 3.63) is 72.4 Å². The van der Waals surface area contributed by atoms with E-state index in [1.165, 1.54) is 0 Å². The number of carbonyl (C=O) groups is 3. The molecule has 3 aromatic rings. The Balaban J connectivity index is 1.26. The third-order valence-electron chi connectivity index (χ3n) is 8.18. The minimum Gasteiger partial charge on any atom is -0.444 e. The third kappa shape index (κ3) is 7.04. The van der Waals surface area contributed by atoms with Gasteiger partial charge in [-0.05, 0) is 88.6 Å². The zero-order valence-corrected chi connectivity index (χ0v) is 24.1. The molecule has 2 aromatic carbocycles. The lowest BCUT2D eigenvalue weighted by atomic mass is 9.81. The van der Waals surface area contributed by atoms with Gasteiger partial charge in [0, 0.05) is 42.2 Å². The minimum atomic E-state index is -0.582. The molecule has 1 saturated carbocycles. The molecule has 1 aliphatic heterocycles. The van der Waals surface area contributed by atoms with Crippen LogP contribution < -0.4 is 10.6 Å². The number of aromatic nitrogens is 1. The Labute approximate surface area is 241 Å². The standard InChI is InChI=1S/C33H40N4O4/c1-33(2,3)41-32(40)35-21-22-11-13-24(14-12-22)31(39)37-19-17-27(23-8-5-4-6-9-23)29(37)30(38)36-26-15-16-28-25(20-26)10-7-18-34-28/h4-10,15-16,18,20,22,24,27,29H,11-14,17,19,21H2,1-3H3,(H,35,40)(H,36,38)/t22-,24-,27-,29-/m0/s1. The van der Waals surface area contributed by atoms with E-state index in [9.17, 15) is 14.4 Å². The Morgan fingerprint density at radius 2 is 1.71 bits per heavy atom. The number of nitrogens with zero attached hydrogens (tertiary/aromatic N) is 2. The lowest BCUT2D eigenvalue weighted by molar-refractivity contribution is -0.141. The molecular formula is C33H40N4O4. The number of hydrogen-bond acceptors (Lipinski definition) is 5. The maximum atomic E-state index is 13.9. The van der Waals surface area contributed by atoms with Gasteiger partial charge in [0.1, 0.15) is 11.6 Å². The van der Waals surface area contributed by atoms with Crippen molar-refractivity contribution in [1.29, 1.82) is 0 Å². The number of anilines is 1. The molecule has 41 heavy (non-hydrogen) atoms. The molecule has 2 atom stereocenters. The van der Waals surface area contributed by atoms with E-state index in [1.54, 1.807) is 6.20 Å². The summed E-state index contributed by atoms with van der Waals surface area (Å²) in [6.45, 7) is 6.63. The van der Waals surface area contributed by atoms with Crippen LogP contribution in [-0.2, 0) is 14.3 Å². The molecule has 2 N–H and O–H groups in total. The van der Waals surface area contributed by atoms with E-state index in [0.29, 0.717) is 24.7 Å². The number of ether oxygens (including phenoxy) is 1. The van der Waals surface area contributed by atoms with Gasteiger partial charge in [-0.2, -0.15) is 0 Å². The molecule has 2 aliphatic rings. The SMILES string of the molecule is CC(C)(C)OC(=O)NC[C@H]1CC[C@H](C(=O)N2CC[C@@H](c3ccccc3)[C@H]2C(=O)Nc2ccc3ncccc3c2)CC1. The van der Waals surface area contributed by atoms with Crippen molar-refractivity contribution in [1.82, 2.24) is 15.2 Å². The van der Waals surface area contributed by atoms with Gasteiger partial charge in [0.2, 0.25) is 11.8 Å². The van der Waals surface area contributed by atoms with E-state index in [2.05, 4.69) is 15.6 Å². The molecule has 1 aliphatic carbocycles. The number of benzene rings is 2. The molecule has 216 valence electrons. The number of pyridine rings is 1. The number of alkyl carbamates (subject to hydrolysis) is 1. The quantitative estimate of drug-likeness (QED) is 0.394. The summed E-state index contributed by atoms with van der Waals surface area (Å²) >= 11 is 0. The van der Waals surface area contributed by atoms with Crippen LogP contribution in [0.4, 0.5) is 10.5 Å². The van der Waals surface area contributed by atoms with Gasteiger partial charge in [-0.15, -0.1) is 0 Å². The predicted octanol–water partition coefficient (Wildman–Crippen LogP) is 5.89. The van der Waals surface area contributed by atoms with Crippen LogP contribution in [0.25, 0.3) is 10.9 Å². The van der Waals surface area contributed by atoms with E-state index in [1.807, 2.05) is 86.3 Å². The highest BCUT2D eigenvalue weighted by Crippen LogP contribution is 2.38. The smallest absolute Gasteiger partial charge is 0.407 e. The van der Waals surface area contributed by atoms with E-state index < -0.39 is 17.7 Å². The Hall–Kier alpha value is -3.94. The van der Waals surface area contributed by atoms with Crippen molar-refractivity contribution in [2.75, 3.05) is 18.4 Å². The van der Waals surface area contributed by atoms with E-state index >= 15 is 0 Å². The molecule has 0 spiro atoms. The monoisotopic (exact) mass is 556 g/mol. The van der Waals surface area contributed by atoms with E-state index in [-0.39, 0.29) is 23.7 Å². The molecule has 8 nitrogen and oxygen atoms in total. The second kappa shape index (κ2) is 12.3. The Morgan fingerprint density at radius 3 is 2.44 bits per heavy atom. The summed E-state index contributed by atoms with van der Waals surface area (Å²) in [6.07, 6.45) is 5.28. The van der Waals surface area contributed by atoms with Crippen LogP contribution in [0.1, 0.15) is 64.4 Å². The van der Waals surface area contributed by atoms with Crippen molar-refractivity contribution in [2.45, 2.75) is 70.4 Å². The molecule has 5 rings (SSSR count). The van der Waals surface area contributed by atoms with Crippen LogP contribution >= 0.6 is 0 Å². The number of likely N-dealkylation sites (tertiary alicyclic amines) is 1. The average molecular weight is 557 g/mol. The molecule has 3 amide bonds. The number of fused-ring (bicyclic) bond motifs is 1. The zero-order chi connectivity index (χ0) is 29.0. The lowest BCUT2D eigenvalue weighted by Crippen LogP contribution is -2.48. The zero-order valence-electron chi connectivity index (χ0n) is 24.1. The van der Waals surface area contributed by atoms with Gasteiger partial charge in [-0.25, -0.2) is 4.79 Å². The molecule has 8 heteroatoms. The van der Waals surface area contributed by atoms with Gasteiger partial charge in [-0.3, -0.25) is 14.6 Å². The third-order valence-corrected chi connectivity index (χ3v) is 8.18. The number of nitrogens with one attached hydrogen (secondary N) is 2. The first-order valence-electron chi connectivity index (χ1n) is 14.7. The second-order valence-corrected chi connectivity index (χ2v) is 12.3. The van der Waals surface area contributed by atoms with Crippen molar-refractivity contribution in [3.8, 4) is 0 Å². The van der Waals surface area contributed by atoms with Crippen LogP contribution in [0.5, 0.6) is 0 Å². The summed E-state index contributed by atoms with van der Waals surface area (Å²) in [4.78, 5) is 46.0. The molecule has 0 bridgehead atoms. The number of amides is 3. The highest BCUT2D eigenvalue weighted by Gasteiger charge is 2.44. The molecule has 0 radical (unpaired) electrons. The van der Waals surface area contributed by atoms with E-state index in [0.717, 1.165) is 48.6 Å². The molecule has 2 fully saturated rings. The molecule has 2 heterocycles. The fourth-order valence-electron chi connectivity index (χ4n) is 6.17. The van der Waals surface area contributed by atoms with Crippen LogP contribution in [-0.4, -0.2) is 52.5 Å². The first-order valence-corrected chi connectivity index (χ1v) is 14.7. The normalized spacial score (nSPS) is 22.8. The topological polar surface area (TPSA) is 101 Å². The fourth-order valence-corrected chi connectivity index (χ4v) is 6.17. The van der Waals surface area contributed by atoms with Gasteiger partial charge < -0.3 is 20.3 Å². The minimum absolute atomic E-state index is 0.0600. The summed E-state index contributed by atoms with van der Waals surface area (Å²) in [5.74, 6) is 0.0118. The Bertz CT molecular complexity index is 1380. The van der Waals surface area contributed by atoms with Gasteiger partial charge in [0.05, 0.1) is 5.52 Å². The number of carbonyl (C=O) groups excluding carboxylic acids is 3. The van der Waals surface area contributed by atoms with Gasteiger partial charge in [0.25, 0.3) is 0 Å². The first-order chi connectivity index (χ1) is 19.7. The predicted molar refractivity (Wildman–Crippen MR) is 159 cm³/mol. The Morgan fingerprint density at radius 1 is 0.951 bits per heavy atom. The average Bonchev–Trinajstić information content (AvgIpc) is 3.41. The Kier molecular flexibility index (Phi) is 8.57. The lowest BCUT2D eigenvalue weighted by Gasteiger charge is -2.34. The molecule has 0 unspecified atom stereocenters. The second-order valence-electron chi connectivity index (χ2n) is 12.3. The number of rotatable bonds is 6. The van der Waals surface area contributed by atoms with E-state index in [4.69, 9.17) is 4.74 Å². The van der Waals surface area contributed by atoms with Crippen molar-refractivity contribution in [3.63, 3.8) is 0 Å². The van der Waals surface area contributed by atoms with Crippen molar-refractivity contribution >= 4 is 34.5 Å². The summed E-state index contributed by atoms with van der Waals surface area (Å²) < 4.78 is 5.35. The molecular weight excluding hydrogens is 516 g/mol. The van der Waals surface area contributed by atoms with Crippen molar-refractivity contribution in [2.24, 2.45) is 11.8 Å². The van der Waals surface area contributed by atoms with Crippen LogP contribution in [0, 0.1) is 11.8 Å². The summed E-state index contributed by atoms with van der Waals surface area (Å²) in [5.41, 5.74) is 2.10. The maximum absolute atomic E-state index is 13.9. The highest BCUT2D eigenvalue weighted by molar-refractivity contribution is 6.00. The van der Waals surface area contributed by atoms with Crippen LogP contribution in [0.15, 0.2) is 66.9 Å². The summed E-state index contributed by atoms with van der Waals surface area (Å²) in [7, 11) is 0. The van der Waals surface area contributed by atoms with Gasteiger partial charge in [0.15, 0.2) is 0 Å². The maximum Gasteiger partial charge on any atom is 0.407 e. The van der Waals surface area contributed by atoms with Crippen molar-refractivity contribution < 1.29 is 19.1 Å². The summed E-state index contributed by atoms with van der Waals surface area (Å²) in [5, 5.41) is 6.92. The highest BCUT2D eigenvalue weighted by atomic mass is 16.6. The van der Waals surface area contributed by atoms with Gasteiger partial charge in [-0.1, -0.05) is 36.4 Å². The van der Waals surface area contributed by atoms with Crippen LogP contribution in [0.3, 0.4) is 0 Å². The fraction of sp³-hybridized carbons (Fsp3) is 0.455. The van der Waals surface area contributed by atoms with Crippen LogP contribution in [0.2, 0.25) is 0 Å². The largest absolute Gasteiger partial charge is 0.444 e. The molecule has 1 aromatic heterocycles. The number of hydrogen-bond donors (Lipinski definition) is 2. The molecule has 1 saturated heterocycles. The first kappa shape index (κ1) is 28.6. The summed E-state index contributed by atoms with van der Waals surface area (Å²) in [6, 6.07) is 19.0.